The van der Waals surface area contributed by atoms with Crippen LogP contribution in [-0.4, -0.2) is 23.4 Å². The first-order valence-electron chi connectivity index (χ1n) is 7.18. The Morgan fingerprint density at radius 3 is 2.30 bits per heavy atom. The Labute approximate surface area is 128 Å². The lowest BCUT2D eigenvalue weighted by Gasteiger charge is -2.27. The summed E-state index contributed by atoms with van der Waals surface area (Å²) in [7, 11) is 0. The van der Waals surface area contributed by atoms with Gasteiger partial charge in [-0.1, -0.05) is 31.9 Å². The Kier molecular flexibility index (Phi) is 9.06. The van der Waals surface area contributed by atoms with Gasteiger partial charge in [0.15, 0.2) is 0 Å². The number of nitrogens with two attached hydrogens (primary N) is 1. The number of carbonyl (C=O) groups excluding carboxylic acids is 1. The van der Waals surface area contributed by atoms with Crippen molar-refractivity contribution >= 4 is 24.0 Å². The summed E-state index contributed by atoms with van der Waals surface area (Å²) in [4.78, 5) is 14.3. The maximum atomic E-state index is 12.3. The van der Waals surface area contributed by atoms with E-state index in [-0.39, 0.29) is 24.4 Å². The predicted octanol–water partition coefficient (Wildman–Crippen LogP) is 3.66. The number of hydrogen-bond acceptors (Lipinski definition) is 2. The molecule has 0 aliphatic rings. The van der Waals surface area contributed by atoms with Crippen molar-refractivity contribution in [3.05, 3.63) is 29.8 Å². The van der Waals surface area contributed by atoms with Gasteiger partial charge in [0.2, 0.25) is 5.91 Å². The van der Waals surface area contributed by atoms with Crippen LogP contribution in [0.2, 0.25) is 0 Å². The van der Waals surface area contributed by atoms with Crippen LogP contribution in [0.3, 0.4) is 0 Å². The molecule has 0 saturated carbocycles. The van der Waals surface area contributed by atoms with Crippen molar-refractivity contribution in [1.82, 2.24) is 4.90 Å². The van der Waals surface area contributed by atoms with Gasteiger partial charge >= 0.3 is 0 Å². The molecule has 1 rings (SSSR count). The minimum Gasteiger partial charge on any atom is -0.399 e. The van der Waals surface area contributed by atoms with Crippen LogP contribution in [0.1, 0.15) is 45.6 Å². The fraction of sp³-hybridized carbons (Fsp3) is 0.562. The third-order valence-electron chi connectivity index (χ3n) is 3.28. The van der Waals surface area contributed by atoms with Crippen molar-refractivity contribution in [1.29, 1.82) is 0 Å². The van der Waals surface area contributed by atoms with Crippen LogP contribution >= 0.6 is 12.4 Å². The molecule has 114 valence electrons. The largest absolute Gasteiger partial charge is 0.399 e. The first kappa shape index (κ1) is 18.8. The molecule has 0 radical (unpaired) electrons. The summed E-state index contributed by atoms with van der Waals surface area (Å²) >= 11 is 0. The van der Waals surface area contributed by atoms with Gasteiger partial charge in [0.25, 0.3) is 0 Å². The minimum atomic E-state index is 0. The van der Waals surface area contributed by atoms with Crippen LogP contribution in [0.4, 0.5) is 5.69 Å². The highest BCUT2D eigenvalue weighted by molar-refractivity contribution is 5.85. The fourth-order valence-electron chi connectivity index (χ4n) is 2.11. The molecule has 0 unspecified atom stereocenters. The topological polar surface area (TPSA) is 46.3 Å². The van der Waals surface area contributed by atoms with E-state index in [1.165, 1.54) is 12.8 Å². The number of hydrogen-bond donors (Lipinski definition) is 1. The van der Waals surface area contributed by atoms with Crippen molar-refractivity contribution in [2.45, 2.75) is 52.5 Å². The number of nitrogen functional groups attached to an aromatic ring is 1. The van der Waals surface area contributed by atoms with Crippen molar-refractivity contribution in [3.8, 4) is 0 Å². The monoisotopic (exact) mass is 298 g/mol. The van der Waals surface area contributed by atoms with Crippen molar-refractivity contribution < 1.29 is 4.79 Å². The number of rotatable bonds is 7. The van der Waals surface area contributed by atoms with E-state index in [0.717, 1.165) is 24.2 Å². The molecule has 0 fully saturated rings. The zero-order valence-corrected chi connectivity index (χ0v) is 13.6. The molecule has 0 bridgehead atoms. The van der Waals surface area contributed by atoms with Crippen LogP contribution in [0.25, 0.3) is 0 Å². The average Bonchev–Trinajstić information content (AvgIpc) is 2.37. The second-order valence-electron chi connectivity index (χ2n) is 5.31. The van der Waals surface area contributed by atoms with Gasteiger partial charge in [0.05, 0.1) is 6.42 Å². The summed E-state index contributed by atoms with van der Waals surface area (Å²) < 4.78 is 0. The van der Waals surface area contributed by atoms with E-state index in [9.17, 15) is 4.79 Å². The lowest BCUT2D eigenvalue weighted by atomic mass is 10.1. The smallest absolute Gasteiger partial charge is 0.227 e. The standard InChI is InChI=1S/C16H26N2O.ClH/c1-4-5-6-11-18(13(2)3)16(19)12-14-7-9-15(17)10-8-14;/h7-10,13H,4-6,11-12,17H2,1-3H3;1H. The molecule has 0 spiro atoms. The van der Waals surface area contributed by atoms with E-state index in [2.05, 4.69) is 20.8 Å². The molecule has 3 nitrogen and oxygen atoms in total. The SMILES string of the molecule is CCCCCN(C(=O)Cc1ccc(N)cc1)C(C)C.Cl. The molecule has 0 aromatic heterocycles. The fourth-order valence-corrected chi connectivity index (χ4v) is 2.11. The molecular formula is C16H27ClN2O. The van der Waals surface area contributed by atoms with Gasteiger partial charge in [-0.3, -0.25) is 4.79 Å². The zero-order chi connectivity index (χ0) is 14.3. The molecule has 0 aliphatic carbocycles. The summed E-state index contributed by atoms with van der Waals surface area (Å²) in [6.07, 6.45) is 3.91. The van der Waals surface area contributed by atoms with Crippen LogP contribution < -0.4 is 5.73 Å². The van der Waals surface area contributed by atoms with E-state index in [0.29, 0.717) is 6.42 Å². The number of benzene rings is 1. The second-order valence-corrected chi connectivity index (χ2v) is 5.31. The lowest BCUT2D eigenvalue weighted by Crippen LogP contribution is -2.38. The van der Waals surface area contributed by atoms with Crippen LogP contribution in [-0.2, 0) is 11.2 Å². The molecule has 1 aromatic carbocycles. The normalized spacial score (nSPS) is 10.2. The third kappa shape index (κ3) is 6.29. The van der Waals surface area contributed by atoms with Gasteiger partial charge in [-0.15, -0.1) is 12.4 Å². The quantitative estimate of drug-likeness (QED) is 0.617. The van der Waals surface area contributed by atoms with Crippen molar-refractivity contribution in [2.24, 2.45) is 0 Å². The molecule has 20 heavy (non-hydrogen) atoms. The molecule has 0 heterocycles. The Morgan fingerprint density at radius 1 is 1.20 bits per heavy atom. The number of halogens is 1. The molecule has 1 amide bonds. The number of nitrogens with zero attached hydrogens (tertiary/aromatic N) is 1. The number of unbranched alkanes of at least 4 members (excludes halogenated alkanes) is 2. The number of anilines is 1. The average molecular weight is 299 g/mol. The highest BCUT2D eigenvalue weighted by atomic mass is 35.5. The first-order chi connectivity index (χ1) is 9.04. The Hall–Kier alpha value is -1.22. The van der Waals surface area contributed by atoms with E-state index >= 15 is 0 Å². The van der Waals surface area contributed by atoms with Gasteiger partial charge in [-0.2, -0.15) is 0 Å². The van der Waals surface area contributed by atoms with Crippen LogP contribution in [0.5, 0.6) is 0 Å². The summed E-state index contributed by atoms with van der Waals surface area (Å²) in [5, 5.41) is 0. The van der Waals surface area contributed by atoms with Gasteiger partial charge in [-0.05, 0) is 38.0 Å². The zero-order valence-electron chi connectivity index (χ0n) is 12.8. The Balaban J connectivity index is 0.00000361. The molecule has 2 N–H and O–H groups in total. The maximum absolute atomic E-state index is 12.3. The molecule has 0 atom stereocenters. The molecular weight excluding hydrogens is 272 g/mol. The minimum absolute atomic E-state index is 0. The molecule has 0 saturated heterocycles. The number of carbonyl (C=O) groups is 1. The highest BCUT2D eigenvalue weighted by Crippen LogP contribution is 2.10. The van der Waals surface area contributed by atoms with Crippen molar-refractivity contribution in [3.63, 3.8) is 0 Å². The van der Waals surface area contributed by atoms with E-state index in [4.69, 9.17) is 5.73 Å². The number of amides is 1. The molecule has 0 aliphatic heterocycles. The van der Waals surface area contributed by atoms with E-state index in [1.807, 2.05) is 29.2 Å². The third-order valence-corrected chi connectivity index (χ3v) is 3.28. The van der Waals surface area contributed by atoms with Gasteiger partial charge in [0, 0.05) is 18.3 Å². The van der Waals surface area contributed by atoms with E-state index in [1.54, 1.807) is 0 Å². The lowest BCUT2D eigenvalue weighted by molar-refractivity contribution is -0.132. The summed E-state index contributed by atoms with van der Waals surface area (Å²) in [5.74, 6) is 0.205. The predicted molar refractivity (Wildman–Crippen MR) is 88.2 cm³/mol. The summed E-state index contributed by atoms with van der Waals surface area (Å²) in [6, 6.07) is 7.81. The molecule has 1 aromatic rings. The van der Waals surface area contributed by atoms with Gasteiger partial charge in [-0.25, -0.2) is 0 Å². The molecule has 4 heteroatoms. The highest BCUT2D eigenvalue weighted by Gasteiger charge is 2.16. The summed E-state index contributed by atoms with van der Waals surface area (Å²) in [5.41, 5.74) is 7.42. The Morgan fingerprint density at radius 2 is 1.80 bits per heavy atom. The second kappa shape index (κ2) is 9.65. The first-order valence-corrected chi connectivity index (χ1v) is 7.18. The van der Waals surface area contributed by atoms with Gasteiger partial charge < -0.3 is 10.6 Å². The van der Waals surface area contributed by atoms with E-state index < -0.39 is 0 Å². The van der Waals surface area contributed by atoms with Crippen LogP contribution in [0, 0.1) is 0 Å². The van der Waals surface area contributed by atoms with Crippen LogP contribution in [0.15, 0.2) is 24.3 Å². The van der Waals surface area contributed by atoms with Gasteiger partial charge in [0.1, 0.15) is 0 Å². The summed E-state index contributed by atoms with van der Waals surface area (Å²) in [6.45, 7) is 7.19. The Bertz CT molecular complexity index is 390. The maximum Gasteiger partial charge on any atom is 0.227 e. The van der Waals surface area contributed by atoms with Crippen molar-refractivity contribution in [2.75, 3.05) is 12.3 Å².